The van der Waals surface area contributed by atoms with Crippen LogP contribution in [0.1, 0.15) is 33.6 Å². The van der Waals surface area contributed by atoms with Gasteiger partial charge in [-0.05, 0) is 33.6 Å². The van der Waals surface area contributed by atoms with Crippen molar-refractivity contribution in [2.24, 2.45) is 0 Å². The summed E-state index contributed by atoms with van der Waals surface area (Å²) in [6, 6.07) is 0.829. The summed E-state index contributed by atoms with van der Waals surface area (Å²) < 4.78 is 34.8. The number of carbonyl (C=O) groups excluding carboxylic acids is 1. The maximum atomic E-state index is 12.5. The Morgan fingerprint density at radius 2 is 1.52 bits per heavy atom. The number of carbonyl (C=O) groups is 1. The highest BCUT2D eigenvalue weighted by Gasteiger charge is 2.39. The molecule has 1 aromatic heterocycles. The van der Waals surface area contributed by atoms with E-state index >= 15 is 0 Å². The molecule has 3 N–H and O–H groups in total. The zero-order valence-electron chi connectivity index (χ0n) is 20.5. The molecule has 12 nitrogen and oxygen atoms in total. The number of nitrogens with two attached hydrogens (primary N) is 1. The van der Waals surface area contributed by atoms with Gasteiger partial charge in [0.05, 0.1) is 0 Å². The molecule has 1 amide bonds. The summed E-state index contributed by atoms with van der Waals surface area (Å²) in [6.07, 6.45) is 1.41. The number of aromatic nitrogens is 3. The predicted octanol–water partition coefficient (Wildman–Crippen LogP) is 2.22. The molecule has 0 radical (unpaired) electrons. The molecular formula is C18H39N5O7SSi2. The predicted molar refractivity (Wildman–Crippen MR) is 130 cm³/mol. The molecule has 0 fully saturated rings. The minimum absolute atomic E-state index is 0.0334. The molecule has 0 spiro atoms. The first-order chi connectivity index (χ1) is 15.8. The third-order valence-corrected chi connectivity index (χ3v) is 11.5. The summed E-state index contributed by atoms with van der Waals surface area (Å²) in [7, 11) is -0.578. The van der Waals surface area contributed by atoms with Gasteiger partial charge in [0, 0.05) is 65.5 Å². The fraction of sp³-hybridized carbons (Fsp3) is 0.833. The molecule has 0 atom stereocenters. The molecule has 0 bridgehead atoms. The second-order valence-corrected chi connectivity index (χ2v) is 13.6. The third kappa shape index (κ3) is 9.61. The Morgan fingerprint density at radius 3 is 2.03 bits per heavy atom. The van der Waals surface area contributed by atoms with Gasteiger partial charge in [0.25, 0.3) is 0 Å². The summed E-state index contributed by atoms with van der Waals surface area (Å²) >= 11 is 1.40. The normalized spacial score (nSPS) is 12.3. The Labute approximate surface area is 202 Å². The summed E-state index contributed by atoms with van der Waals surface area (Å²) in [6.45, 7) is 7.68. The topological polar surface area (TPSA) is 141 Å². The van der Waals surface area contributed by atoms with Crippen molar-refractivity contribution in [3.63, 3.8) is 0 Å². The van der Waals surface area contributed by atoms with Gasteiger partial charge in [-0.2, -0.15) is 4.98 Å². The Kier molecular flexibility index (Phi) is 14.3. The van der Waals surface area contributed by atoms with Gasteiger partial charge in [0.15, 0.2) is 0 Å². The van der Waals surface area contributed by atoms with Gasteiger partial charge < -0.3 is 37.6 Å². The molecule has 0 saturated heterocycles. The average molecular weight is 526 g/mol. The van der Waals surface area contributed by atoms with E-state index in [2.05, 4.69) is 15.4 Å². The summed E-state index contributed by atoms with van der Waals surface area (Å²) in [5, 5.41) is 7.44. The molecule has 0 aliphatic heterocycles. The van der Waals surface area contributed by atoms with Crippen LogP contribution in [-0.4, -0.2) is 91.9 Å². The second kappa shape index (κ2) is 15.8. The van der Waals surface area contributed by atoms with Gasteiger partial charge in [-0.1, -0.05) is 11.8 Å². The lowest BCUT2D eigenvalue weighted by Gasteiger charge is -2.28. The molecular weight excluding hydrogens is 486 g/mol. The van der Waals surface area contributed by atoms with Crippen LogP contribution in [0.25, 0.3) is 0 Å². The van der Waals surface area contributed by atoms with Crippen molar-refractivity contribution in [2.75, 3.05) is 59.2 Å². The van der Waals surface area contributed by atoms with E-state index in [-0.39, 0.29) is 5.95 Å². The summed E-state index contributed by atoms with van der Waals surface area (Å²) in [5.41, 5.74) is 5.88. The lowest BCUT2D eigenvalue weighted by molar-refractivity contribution is 0.0708. The smallest absolute Gasteiger partial charge is 0.377 e. The number of thioether (sulfide) groups is 1. The number of hydrogen-bond acceptors (Lipinski definition) is 11. The zero-order valence-corrected chi connectivity index (χ0v) is 23.4. The van der Waals surface area contributed by atoms with E-state index in [1.165, 1.54) is 11.8 Å². The Balaban J connectivity index is 2.52. The maximum absolute atomic E-state index is 12.5. The molecule has 192 valence electrons. The van der Waals surface area contributed by atoms with Crippen molar-refractivity contribution in [1.29, 1.82) is 0 Å². The fourth-order valence-electron chi connectivity index (χ4n) is 3.10. The Bertz CT molecular complexity index is 672. The number of rotatable bonds is 18. The number of anilines is 1. The van der Waals surface area contributed by atoms with E-state index in [4.69, 9.17) is 32.3 Å². The van der Waals surface area contributed by atoms with Crippen LogP contribution in [0.15, 0.2) is 5.16 Å². The lowest BCUT2D eigenvalue weighted by Crippen LogP contribution is -2.46. The van der Waals surface area contributed by atoms with Crippen LogP contribution < -0.4 is 11.1 Å². The maximum Gasteiger partial charge on any atom is 0.500 e. The van der Waals surface area contributed by atoms with E-state index in [9.17, 15) is 4.79 Å². The van der Waals surface area contributed by atoms with E-state index in [0.717, 1.165) is 11.1 Å². The molecule has 0 unspecified atom stereocenters. The number of nitrogen functional groups attached to an aromatic ring is 1. The highest BCUT2D eigenvalue weighted by atomic mass is 32.2. The van der Waals surface area contributed by atoms with Crippen molar-refractivity contribution in [1.82, 2.24) is 20.1 Å². The zero-order chi connectivity index (χ0) is 24.7. The van der Waals surface area contributed by atoms with Crippen LogP contribution in [0.2, 0.25) is 12.1 Å². The molecule has 33 heavy (non-hydrogen) atoms. The van der Waals surface area contributed by atoms with Crippen LogP contribution in [0.3, 0.4) is 0 Å². The summed E-state index contributed by atoms with van der Waals surface area (Å²) in [5.74, 6) is 0.737. The van der Waals surface area contributed by atoms with E-state index in [1.807, 2.05) is 20.8 Å². The molecule has 1 heterocycles. The molecule has 0 aliphatic carbocycles. The van der Waals surface area contributed by atoms with Crippen LogP contribution in [0, 0.1) is 0 Å². The lowest BCUT2D eigenvalue weighted by atomic mass is 10.5. The highest BCUT2D eigenvalue weighted by molar-refractivity contribution is 7.99. The van der Waals surface area contributed by atoms with Crippen molar-refractivity contribution < 1.29 is 31.4 Å². The van der Waals surface area contributed by atoms with Crippen LogP contribution in [-0.2, 0) is 26.6 Å². The van der Waals surface area contributed by atoms with Crippen molar-refractivity contribution in [2.45, 2.75) is 50.9 Å². The number of nitrogens with one attached hydrogen (secondary N) is 1. The molecule has 1 aromatic rings. The van der Waals surface area contributed by atoms with Gasteiger partial charge >= 0.3 is 23.6 Å². The van der Waals surface area contributed by atoms with Gasteiger partial charge in [0.2, 0.25) is 11.1 Å². The van der Waals surface area contributed by atoms with Crippen molar-refractivity contribution in [3.05, 3.63) is 0 Å². The van der Waals surface area contributed by atoms with Crippen LogP contribution in [0.5, 0.6) is 0 Å². The first-order valence-corrected chi connectivity index (χ1v) is 15.9. The highest BCUT2D eigenvalue weighted by Crippen LogP contribution is 2.21. The summed E-state index contributed by atoms with van der Waals surface area (Å²) in [4.78, 5) is 16.7. The number of hydrogen-bond donors (Lipinski definition) is 2. The largest absolute Gasteiger partial charge is 0.500 e. The fourth-order valence-corrected chi connectivity index (χ4v) is 8.46. The van der Waals surface area contributed by atoms with Crippen LogP contribution >= 0.6 is 11.8 Å². The monoisotopic (exact) mass is 525 g/mol. The molecule has 1 rings (SSSR count). The van der Waals surface area contributed by atoms with E-state index < -0.39 is 23.6 Å². The molecule has 0 aliphatic rings. The van der Waals surface area contributed by atoms with E-state index in [1.54, 1.807) is 21.3 Å². The van der Waals surface area contributed by atoms with Gasteiger partial charge in [-0.15, -0.1) is 9.78 Å². The Hall–Kier alpha value is -1.05. The molecule has 15 heteroatoms. The van der Waals surface area contributed by atoms with Crippen LogP contribution in [0.4, 0.5) is 10.7 Å². The number of nitrogens with zero attached hydrogens (tertiary/aromatic N) is 3. The van der Waals surface area contributed by atoms with E-state index in [0.29, 0.717) is 55.8 Å². The first kappa shape index (κ1) is 30.0. The molecule has 0 saturated carbocycles. The second-order valence-electron chi connectivity index (χ2n) is 6.73. The average Bonchev–Trinajstić information content (AvgIpc) is 3.18. The van der Waals surface area contributed by atoms with Crippen molar-refractivity contribution in [3.8, 4) is 0 Å². The minimum atomic E-state index is -2.73. The SMILES string of the molecule is CCO[Si](CCCNC(=O)n1nc(SCCC[Si](OC)(OC)OC)nc1N)(OCC)OCC. The molecule has 0 aromatic carbocycles. The van der Waals surface area contributed by atoms with Gasteiger partial charge in [0.1, 0.15) is 0 Å². The third-order valence-electron chi connectivity index (χ3n) is 4.63. The minimum Gasteiger partial charge on any atom is -0.377 e. The van der Waals surface area contributed by atoms with Crippen molar-refractivity contribution >= 4 is 41.4 Å². The number of amides is 1. The quantitative estimate of drug-likeness (QED) is 0.165. The van der Waals surface area contributed by atoms with Gasteiger partial charge in [-0.3, -0.25) is 0 Å². The van der Waals surface area contributed by atoms with Gasteiger partial charge in [-0.25, -0.2) is 4.79 Å². The first-order valence-electron chi connectivity index (χ1n) is 11.1. The standard InChI is InChI=1S/C18H39N5O7SSi2/c1-7-28-33(29-8-2,30-9-3)14-10-12-20-18(24)23-16(19)21-17(22-23)31-13-11-15-32(25-4,26-5)27-6/h7-15H2,1-6H3,(H,20,24)(H2,19,21,22). The Morgan fingerprint density at radius 1 is 0.970 bits per heavy atom.